The third kappa shape index (κ3) is 4.87. The monoisotopic (exact) mass is 377 g/mol. The first-order valence-electron chi connectivity index (χ1n) is 8.85. The molecule has 1 aliphatic rings. The standard InChI is InChI=1S/C20H22F3N3O/c1-25-8-10-26(11-9-25)19(14-2-5-16(21)6-3-14)13-24-20(27)15-4-7-17(22)18(23)12-15/h2-7,12,19H,8-11,13H2,1H3,(H,24,27). The van der Waals surface area contributed by atoms with E-state index in [1.807, 2.05) is 0 Å². The van der Waals surface area contributed by atoms with E-state index in [9.17, 15) is 18.0 Å². The van der Waals surface area contributed by atoms with Crippen molar-refractivity contribution in [1.82, 2.24) is 15.1 Å². The molecular weight excluding hydrogens is 355 g/mol. The Bertz CT molecular complexity index is 790. The van der Waals surface area contributed by atoms with Gasteiger partial charge in [-0.05, 0) is 42.9 Å². The first-order chi connectivity index (χ1) is 12.9. The predicted octanol–water partition coefficient (Wildman–Crippen LogP) is 2.82. The van der Waals surface area contributed by atoms with E-state index in [4.69, 9.17) is 0 Å². The molecule has 0 aliphatic carbocycles. The van der Waals surface area contributed by atoms with Crippen LogP contribution in [0.15, 0.2) is 42.5 Å². The van der Waals surface area contributed by atoms with E-state index in [2.05, 4.69) is 22.2 Å². The summed E-state index contributed by atoms with van der Waals surface area (Å²) in [6.45, 7) is 3.72. The molecule has 1 fully saturated rings. The molecule has 1 aliphatic heterocycles. The third-order valence-corrected chi connectivity index (χ3v) is 4.87. The van der Waals surface area contributed by atoms with Gasteiger partial charge >= 0.3 is 0 Å². The first kappa shape index (κ1) is 19.4. The lowest BCUT2D eigenvalue weighted by atomic mass is 10.0. The van der Waals surface area contributed by atoms with Gasteiger partial charge in [0.2, 0.25) is 0 Å². The second kappa shape index (κ2) is 8.54. The van der Waals surface area contributed by atoms with Crippen molar-refractivity contribution in [2.45, 2.75) is 6.04 Å². The van der Waals surface area contributed by atoms with Gasteiger partial charge in [-0.25, -0.2) is 13.2 Å². The van der Waals surface area contributed by atoms with Gasteiger partial charge in [-0.15, -0.1) is 0 Å². The molecule has 1 atom stereocenters. The highest BCUT2D eigenvalue weighted by atomic mass is 19.2. The van der Waals surface area contributed by atoms with Crippen LogP contribution in [0.1, 0.15) is 22.0 Å². The van der Waals surface area contributed by atoms with Gasteiger partial charge in [0.15, 0.2) is 11.6 Å². The summed E-state index contributed by atoms with van der Waals surface area (Å²) in [4.78, 5) is 16.8. The maximum Gasteiger partial charge on any atom is 0.251 e. The summed E-state index contributed by atoms with van der Waals surface area (Å²) >= 11 is 0. The highest BCUT2D eigenvalue weighted by Gasteiger charge is 2.24. The lowest BCUT2D eigenvalue weighted by Crippen LogP contribution is -2.48. The van der Waals surface area contributed by atoms with Gasteiger partial charge in [0.25, 0.3) is 5.91 Å². The van der Waals surface area contributed by atoms with Crippen molar-refractivity contribution in [3.63, 3.8) is 0 Å². The number of nitrogens with one attached hydrogen (secondary N) is 1. The summed E-state index contributed by atoms with van der Waals surface area (Å²) in [6, 6.07) is 9.15. The van der Waals surface area contributed by atoms with Crippen LogP contribution in [-0.4, -0.2) is 55.5 Å². The fourth-order valence-corrected chi connectivity index (χ4v) is 3.21. The van der Waals surface area contributed by atoms with Crippen LogP contribution in [0.5, 0.6) is 0 Å². The molecule has 3 rings (SSSR count). The number of amides is 1. The topological polar surface area (TPSA) is 35.6 Å². The van der Waals surface area contributed by atoms with Crippen LogP contribution in [0.4, 0.5) is 13.2 Å². The molecule has 0 aromatic heterocycles. The van der Waals surface area contributed by atoms with Crippen LogP contribution in [0.25, 0.3) is 0 Å². The largest absolute Gasteiger partial charge is 0.350 e. The molecule has 2 aromatic carbocycles. The van der Waals surface area contributed by atoms with Gasteiger partial charge < -0.3 is 10.2 Å². The molecule has 2 aromatic rings. The summed E-state index contributed by atoms with van der Waals surface area (Å²) in [5, 5.41) is 2.79. The highest BCUT2D eigenvalue weighted by molar-refractivity contribution is 5.94. The Morgan fingerprint density at radius 1 is 1.00 bits per heavy atom. The Morgan fingerprint density at radius 3 is 2.30 bits per heavy atom. The molecule has 1 heterocycles. The van der Waals surface area contributed by atoms with Gasteiger partial charge in [0.05, 0.1) is 6.04 Å². The number of nitrogens with zero attached hydrogens (tertiary/aromatic N) is 2. The smallest absolute Gasteiger partial charge is 0.251 e. The minimum atomic E-state index is -1.06. The fourth-order valence-electron chi connectivity index (χ4n) is 3.21. The van der Waals surface area contributed by atoms with Crippen molar-refractivity contribution in [2.75, 3.05) is 39.8 Å². The molecule has 7 heteroatoms. The van der Waals surface area contributed by atoms with E-state index < -0.39 is 17.5 Å². The molecule has 1 unspecified atom stereocenters. The number of benzene rings is 2. The number of rotatable bonds is 5. The van der Waals surface area contributed by atoms with Crippen molar-refractivity contribution in [3.8, 4) is 0 Å². The number of carbonyl (C=O) groups is 1. The van der Waals surface area contributed by atoms with Crippen molar-refractivity contribution < 1.29 is 18.0 Å². The quantitative estimate of drug-likeness (QED) is 0.871. The normalized spacial score (nSPS) is 16.9. The van der Waals surface area contributed by atoms with Crippen molar-refractivity contribution in [3.05, 3.63) is 71.0 Å². The van der Waals surface area contributed by atoms with E-state index in [1.54, 1.807) is 12.1 Å². The summed E-state index contributed by atoms with van der Waals surface area (Å²) in [5.41, 5.74) is 0.955. The first-order valence-corrected chi connectivity index (χ1v) is 8.85. The Kier molecular flexibility index (Phi) is 6.13. The van der Waals surface area contributed by atoms with E-state index in [-0.39, 0.29) is 24.0 Å². The van der Waals surface area contributed by atoms with Crippen LogP contribution in [0.3, 0.4) is 0 Å². The molecule has 0 spiro atoms. The number of halogens is 3. The lowest BCUT2D eigenvalue weighted by molar-refractivity contribution is 0.0885. The average molecular weight is 377 g/mol. The number of hydrogen-bond acceptors (Lipinski definition) is 3. The Balaban J connectivity index is 1.73. The maximum atomic E-state index is 13.4. The lowest BCUT2D eigenvalue weighted by Gasteiger charge is -2.38. The number of hydrogen-bond donors (Lipinski definition) is 1. The molecule has 0 saturated carbocycles. The van der Waals surface area contributed by atoms with Gasteiger partial charge in [-0.3, -0.25) is 9.69 Å². The average Bonchev–Trinajstić information content (AvgIpc) is 2.66. The molecule has 0 radical (unpaired) electrons. The molecule has 0 bridgehead atoms. The second-order valence-corrected chi connectivity index (χ2v) is 6.75. The fraction of sp³-hybridized carbons (Fsp3) is 0.350. The molecule has 27 heavy (non-hydrogen) atoms. The zero-order valence-electron chi connectivity index (χ0n) is 15.1. The van der Waals surface area contributed by atoms with Gasteiger partial charge in [-0.1, -0.05) is 12.1 Å². The molecular formula is C20H22F3N3O. The second-order valence-electron chi connectivity index (χ2n) is 6.75. The van der Waals surface area contributed by atoms with Crippen molar-refractivity contribution >= 4 is 5.91 Å². The Labute approximate surface area is 156 Å². The Morgan fingerprint density at radius 2 is 1.67 bits per heavy atom. The zero-order chi connectivity index (χ0) is 19.4. The van der Waals surface area contributed by atoms with E-state index >= 15 is 0 Å². The highest BCUT2D eigenvalue weighted by Crippen LogP contribution is 2.22. The van der Waals surface area contributed by atoms with E-state index in [0.29, 0.717) is 0 Å². The van der Waals surface area contributed by atoms with Crippen molar-refractivity contribution in [2.24, 2.45) is 0 Å². The summed E-state index contributed by atoms with van der Waals surface area (Å²) in [6.07, 6.45) is 0. The molecule has 1 amide bonds. The molecule has 144 valence electrons. The van der Waals surface area contributed by atoms with Gasteiger partial charge in [0, 0.05) is 38.3 Å². The maximum absolute atomic E-state index is 13.4. The van der Waals surface area contributed by atoms with Crippen LogP contribution >= 0.6 is 0 Å². The van der Waals surface area contributed by atoms with Gasteiger partial charge in [0.1, 0.15) is 5.82 Å². The van der Waals surface area contributed by atoms with Crippen molar-refractivity contribution in [1.29, 1.82) is 0 Å². The molecule has 1 saturated heterocycles. The van der Waals surface area contributed by atoms with Crippen LogP contribution < -0.4 is 5.32 Å². The van der Waals surface area contributed by atoms with Crippen LogP contribution in [0.2, 0.25) is 0 Å². The minimum Gasteiger partial charge on any atom is -0.350 e. The number of piperazine rings is 1. The summed E-state index contributed by atoms with van der Waals surface area (Å²) in [5.74, 6) is -2.85. The number of likely N-dealkylation sites (N-methyl/N-ethyl adjacent to an activating group) is 1. The van der Waals surface area contributed by atoms with Gasteiger partial charge in [-0.2, -0.15) is 0 Å². The number of carbonyl (C=O) groups excluding carboxylic acids is 1. The predicted molar refractivity (Wildman–Crippen MR) is 96.9 cm³/mol. The van der Waals surface area contributed by atoms with E-state index in [0.717, 1.165) is 43.9 Å². The van der Waals surface area contributed by atoms with Crippen LogP contribution in [0, 0.1) is 17.5 Å². The molecule has 1 N–H and O–H groups in total. The summed E-state index contributed by atoms with van der Waals surface area (Å²) < 4.78 is 39.7. The minimum absolute atomic E-state index is 0.0603. The SMILES string of the molecule is CN1CCN(C(CNC(=O)c2ccc(F)c(F)c2)c2ccc(F)cc2)CC1. The van der Waals surface area contributed by atoms with E-state index in [1.165, 1.54) is 18.2 Å². The Hall–Kier alpha value is -2.38. The third-order valence-electron chi connectivity index (χ3n) is 4.87. The molecule has 4 nitrogen and oxygen atoms in total. The zero-order valence-corrected chi connectivity index (χ0v) is 15.1. The van der Waals surface area contributed by atoms with Crippen LogP contribution in [-0.2, 0) is 0 Å². The summed E-state index contributed by atoms with van der Waals surface area (Å²) in [7, 11) is 2.05.